The van der Waals surface area contributed by atoms with Gasteiger partial charge in [-0.1, -0.05) is 13.8 Å². The van der Waals surface area contributed by atoms with Crippen molar-refractivity contribution in [2.45, 2.75) is 52.1 Å². The molecule has 0 aliphatic heterocycles. The van der Waals surface area contributed by atoms with E-state index >= 15 is 0 Å². The first-order valence-corrected chi connectivity index (χ1v) is 6.95. The Labute approximate surface area is 110 Å². The van der Waals surface area contributed by atoms with Crippen LogP contribution in [-0.2, 0) is 6.54 Å². The Morgan fingerprint density at radius 1 is 1.44 bits per heavy atom. The zero-order chi connectivity index (χ0) is 13.2. The molecule has 1 heterocycles. The van der Waals surface area contributed by atoms with E-state index in [0.29, 0.717) is 11.2 Å². The molecule has 0 spiro atoms. The summed E-state index contributed by atoms with van der Waals surface area (Å²) in [7, 11) is 2.23. The lowest BCUT2D eigenvalue weighted by Crippen LogP contribution is -2.38. The maximum Gasteiger partial charge on any atom is 0.145 e. The second kappa shape index (κ2) is 5.31. The molecule has 0 atom stereocenters. The summed E-state index contributed by atoms with van der Waals surface area (Å²) < 4.78 is 1.93. The van der Waals surface area contributed by atoms with E-state index in [4.69, 9.17) is 5.73 Å². The Hall–Kier alpha value is -1.03. The first-order chi connectivity index (χ1) is 8.46. The smallest absolute Gasteiger partial charge is 0.145 e. The van der Waals surface area contributed by atoms with Gasteiger partial charge in [0, 0.05) is 18.8 Å². The minimum atomic E-state index is 0.549. The average molecular weight is 250 g/mol. The summed E-state index contributed by atoms with van der Waals surface area (Å²) in [6.07, 6.45) is 7.29. The highest BCUT2D eigenvalue weighted by Crippen LogP contribution is 2.36. The van der Waals surface area contributed by atoms with Gasteiger partial charge in [0.25, 0.3) is 0 Å². The Morgan fingerprint density at radius 3 is 2.67 bits per heavy atom. The number of hydrogen-bond donors (Lipinski definition) is 1. The Kier molecular flexibility index (Phi) is 3.95. The molecule has 1 fully saturated rings. The van der Waals surface area contributed by atoms with E-state index < -0.39 is 0 Å². The lowest BCUT2D eigenvalue weighted by Gasteiger charge is -2.38. The Balaban J connectivity index is 1.77. The van der Waals surface area contributed by atoms with Crippen molar-refractivity contribution in [2.24, 2.45) is 5.41 Å². The molecule has 18 heavy (non-hydrogen) atoms. The average Bonchev–Trinajstić information content (AvgIpc) is 2.72. The van der Waals surface area contributed by atoms with Crippen LogP contribution in [0.15, 0.2) is 12.3 Å². The molecule has 1 aliphatic rings. The Morgan fingerprint density at radius 2 is 2.11 bits per heavy atom. The maximum absolute atomic E-state index is 5.61. The predicted molar refractivity (Wildman–Crippen MR) is 75.3 cm³/mol. The van der Waals surface area contributed by atoms with Gasteiger partial charge < -0.3 is 10.6 Å². The fourth-order valence-electron chi connectivity index (χ4n) is 2.77. The highest BCUT2D eigenvalue weighted by Gasteiger charge is 2.28. The molecule has 0 bridgehead atoms. The summed E-state index contributed by atoms with van der Waals surface area (Å²) in [5, 5.41) is 4.22. The zero-order valence-corrected chi connectivity index (χ0v) is 11.9. The number of nitrogen functional groups attached to an aromatic ring is 1. The quantitative estimate of drug-likeness (QED) is 0.892. The fourth-order valence-corrected chi connectivity index (χ4v) is 2.77. The summed E-state index contributed by atoms with van der Waals surface area (Å²) in [6, 6.07) is 2.59. The van der Waals surface area contributed by atoms with Gasteiger partial charge in [-0.15, -0.1) is 0 Å². The zero-order valence-electron chi connectivity index (χ0n) is 11.9. The minimum Gasteiger partial charge on any atom is -0.382 e. The maximum atomic E-state index is 5.61. The lowest BCUT2D eigenvalue weighted by atomic mass is 9.75. The van der Waals surface area contributed by atoms with Crippen LogP contribution in [0.25, 0.3) is 0 Å². The van der Waals surface area contributed by atoms with Gasteiger partial charge in [-0.05, 0) is 44.2 Å². The molecule has 102 valence electrons. The van der Waals surface area contributed by atoms with Crippen LogP contribution in [0.2, 0.25) is 0 Å². The van der Waals surface area contributed by atoms with Gasteiger partial charge in [-0.2, -0.15) is 5.10 Å². The highest BCUT2D eigenvalue weighted by atomic mass is 15.3. The number of rotatable bonds is 4. The first kappa shape index (κ1) is 13.4. The standard InChI is InChI=1S/C14H26N4/c1-14(2)7-4-12(5-8-14)17(3)10-11-18-9-6-13(15)16-18/h6,9,12H,4-5,7-8,10-11H2,1-3H3,(H2,15,16). The van der Waals surface area contributed by atoms with Crippen LogP contribution in [0.3, 0.4) is 0 Å². The first-order valence-electron chi connectivity index (χ1n) is 6.95. The van der Waals surface area contributed by atoms with Crippen molar-refractivity contribution in [3.05, 3.63) is 12.3 Å². The summed E-state index contributed by atoms with van der Waals surface area (Å²) in [6.45, 7) is 6.74. The molecule has 1 aromatic rings. The molecule has 4 nitrogen and oxygen atoms in total. The van der Waals surface area contributed by atoms with E-state index in [0.717, 1.165) is 19.1 Å². The van der Waals surface area contributed by atoms with Crippen molar-refractivity contribution >= 4 is 5.82 Å². The number of anilines is 1. The second-order valence-electron chi connectivity index (χ2n) is 6.38. The molecule has 1 aromatic heterocycles. The van der Waals surface area contributed by atoms with Gasteiger partial charge in [0.1, 0.15) is 5.82 Å². The molecule has 4 heteroatoms. The van der Waals surface area contributed by atoms with Crippen molar-refractivity contribution in [2.75, 3.05) is 19.3 Å². The monoisotopic (exact) mass is 250 g/mol. The molecule has 0 aromatic carbocycles. The molecule has 2 N–H and O–H groups in total. The molecule has 1 aliphatic carbocycles. The number of aromatic nitrogens is 2. The van der Waals surface area contributed by atoms with Crippen LogP contribution in [0, 0.1) is 5.41 Å². The topological polar surface area (TPSA) is 47.1 Å². The molecule has 0 saturated heterocycles. The van der Waals surface area contributed by atoms with Crippen molar-refractivity contribution in [3.8, 4) is 0 Å². The van der Waals surface area contributed by atoms with E-state index in [1.165, 1.54) is 25.7 Å². The van der Waals surface area contributed by atoms with E-state index in [2.05, 4.69) is 30.9 Å². The molecular weight excluding hydrogens is 224 g/mol. The van der Waals surface area contributed by atoms with Crippen molar-refractivity contribution < 1.29 is 0 Å². The van der Waals surface area contributed by atoms with E-state index in [1.54, 1.807) is 0 Å². The number of hydrogen-bond acceptors (Lipinski definition) is 3. The highest BCUT2D eigenvalue weighted by molar-refractivity contribution is 5.23. The third-order valence-electron chi connectivity index (χ3n) is 4.28. The number of nitrogens with zero attached hydrogens (tertiary/aromatic N) is 3. The number of nitrogens with two attached hydrogens (primary N) is 1. The van der Waals surface area contributed by atoms with Gasteiger partial charge in [0.15, 0.2) is 0 Å². The number of likely N-dealkylation sites (N-methyl/N-ethyl adjacent to an activating group) is 1. The van der Waals surface area contributed by atoms with Crippen LogP contribution in [0.5, 0.6) is 0 Å². The van der Waals surface area contributed by atoms with Gasteiger partial charge in [-0.25, -0.2) is 0 Å². The fraction of sp³-hybridized carbons (Fsp3) is 0.786. The van der Waals surface area contributed by atoms with Gasteiger partial charge >= 0.3 is 0 Å². The van der Waals surface area contributed by atoms with E-state index in [-0.39, 0.29) is 0 Å². The summed E-state index contributed by atoms with van der Waals surface area (Å²) in [4.78, 5) is 2.48. The normalized spacial score (nSPS) is 20.4. The van der Waals surface area contributed by atoms with Crippen LogP contribution in [0.4, 0.5) is 5.82 Å². The predicted octanol–water partition coefficient (Wildman–Crippen LogP) is 2.37. The molecule has 2 rings (SSSR count). The molecular formula is C14H26N4. The van der Waals surface area contributed by atoms with Crippen LogP contribution >= 0.6 is 0 Å². The molecule has 1 saturated carbocycles. The summed E-state index contributed by atoms with van der Waals surface area (Å²) in [5.41, 5.74) is 6.16. The largest absolute Gasteiger partial charge is 0.382 e. The van der Waals surface area contributed by atoms with Crippen LogP contribution < -0.4 is 5.73 Å². The second-order valence-corrected chi connectivity index (χ2v) is 6.38. The molecule has 0 unspecified atom stereocenters. The van der Waals surface area contributed by atoms with Gasteiger partial charge in [-0.3, -0.25) is 4.68 Å². The third kappa shape index (κ3) is 3.48. The van der Waals surface area contributed by atoms with Gasteiger partial charge in [0.2, 0.25) is 0 Å². The van der Waals surface area contributed by atoms with Crippen molar-refractivity contribution in [3.63, 3.8) is 0 Å². The minimum absolute atomic E-state index is 0.549. The van der Waals surface area contributed by atoms with E-state index in [9.17, 15) is 0 Å². The van der Waals surface area contributed by atoms with Crippen LogP contribution in [-0.4, -0.2) is 34.3 Å². The van der Waals surface area contributed by atoms with E-state index in [1.807, 2.05) is 16.9 Å². The summed E-state index contributed by atoms with van der Waals surface area (Å²) >= 11 is 0. The molecule has 0 amide bonds. The SMILES string of the molecule is CN(CCn1ccc(N)n1)C1CCC(C)(C)CC1. The third-order valence-corrected chi connectivity index (χ3v) is 4.28. The lowest BCUT2D eigenvalue weighted by molar-refractivity contribution is 0.124. The van der Waals surface area contributed by atoms with Crippen molar-refractivity contribution in [1.82, 2.24) is 14.7 Å². The Bertz CT molecular complexity index is 373. The molecule has 0 radical (unpaired) electrons. The van der Waals surface area contributed by atoms with Crippen LogP contribution in [0.1, 0.15) is 39.5 Å². The summed E-state index contributed by atoms with van der Waals surface area (Å²) in [5.74, 6) is 0.608. The van der Waals surface area contributed by atoms with Gasteiger partial charge in [0.05, 0.1) is 6.54 Å². The van der Waals surface area contributed by atoms with Crippen molar-refractivity contribution in [1.29, 1.82) is 0 Å².